The monoisotopic (exact) mass is 223 g/mol. The lowest BCUT2D eigenvalue weighted by Crippen LogP contribution is -2.22. The molecule has 0 bridgehead atoms. The van der Waals surface area contributed by atoms with Crippen molar-refractivity contribution < 1.29 is 18.4 Å². The summed E-state index contributed by atoms with van der Waals surface area (Å²) in [4.78, 5) is 22.5. The summed E-state index contributed by atoms with van der Waals surface area (Å²) in [5, 5.41) is 2.04. The number of rotatable bonds is 1. The summed E-state index contributed by atoms with van der Waals surface area (Å²) in [5.74, 6) is -2.81. The fourth-order valence-electron chi connectivity index (χ4n) is 1.56. The molecule has 0 unspecified atom stereocenters. The first-order chi connectivity index (χ1) is 7.50. The van der Waals surface area contributed by atoms with Gasteiger partial charge in [-0.05, 0) is 19.1 Å². The molecule has 1 aromatic carbocycles. The molecule has 0 radical (unpaired) electrons. The molecular weight excluding hydrogens is 216 g/mol. The molecule has 1 N–H and O–H groups in total. The molecule has 0 saturated carbocycles. The molecule has 0 fully saturated rings. The Morgan fingerprint density at radius 2 is 1.81 bits per heavy atom. The predicted octanol–water partition coefficient (Wildman–Crippen LogP) is 1.39. The lowest BCUT2D eigenvalue weighted by atomic mass is 10.0. The van der Waals surface area contributed by atoms with E-state index in [4.69, 9.17) is 0 Å². The summed E-state index contributed by atoms with van der Waals surface area (Å²) in [6.45, 7) is 1.42. The van der Waals surface area contributed by atoms with Crippen LogP contribution in [0.2, 0.25) is 0 Å². The van der Waals surface area contributed by atoms with Crippen molar-refractivity contribution in [3.63, 3.8) is 0 Å². The SMILES string of the molecule is CC1=C(c2ccc(F)cc2F)C(=O)NC1=O. The van der Waals surface area contributed by atoms with Gasteiger partial charge in [0.05, 0.1) is 5.57 Å². The third-order valence-corrected chi connectivity index (χ3v) is 2.37. The number of carbonyl (C=O) groups excluding carboxylic acids is 2. The highest BCUT2D eigenvalue weighted by atomic mass is 19.1. The van der Waals surface area contributed by atoms with Crippen LogP contribution in [-0.2, 0) is 9.59 Å². The van der Waals surface area contributed by atoms with Gasteiger partial charge in [0.15, 0.2) is 0 Å². The molecule has 1 aliphatic rings. The minimum absolute atomic E-state index is 0.0394. The van der Waals surface area contributed by atoms with Crippen LogP contribution in [-0.4, -0.2) is 11.8 Å². The third-order valence-electron chi connectivity index (χ3n) is 2.37. The van der Waals surface area contributed by atoms with E-state index in [1.54, 1.807) is 0 Å². The molecule has 1 aromatic rings. The average Bonchev–Trinajstić information content (AvgIpc) is 2.43. The second-order valence-corrected chi connectivity index (χ2v) is 3.41. The second kappa shape index (κ2) is 3.52. The van der Waals surface area contributed by atoms with Crippen molar-refractivity contribution in [1.82, 2.24) is 5.32 Å². The lowest BCUT2D eigenvalue weighted by molar-refractivity contribution is -0.123. The molecule has 0 saturated heterocycles. The van der Waals surface area contributed by atoms with Gasteiger partial charge in [0.2, 0.25) is 0 Å². The van der Waals surface area contributed by atoms with E-state index in [9.17, 15) is 18.4 Å². The minimum Gasteiger partial charge on any atom is -0.288 e. The van der Waals surface area contributed by atoms with Crippen LogP contribution < -0.4 is 5.32 Å². The van der Waals surface area contributed by atoms with Gasteiger partial charge < -0.3 is 0 Å². The van der Waals surface area contributed by atoms with E-state index in [1.807, 2.05) is 5.32 Å². The Kier molecular flexibility index (Phi) is 2.30. The van der Waals surface area contributed by atoms with Crippen molar-refractivity contribution in [2.45, 2.75) is 6.92 Å². The van der Waals surface area contributed by atoms with Gasteiger partial charge in [-0.2, -0.15) is 0 Å². The number of hydrogen-bond donors (Lipinski definition) is 1. The highest BCUT2D eigenvalue weighted by Gasteiger charge is 2.29. The molecule has 1 heterocycles. The van der Waals surface area contributed by atoms with Crippen molar-refractivity contribution >= 4 is 17.4 Å². The minimum atomic E-state index is -0.862. The fraction of sp³-hybridized carbons (Fsp3) is 0.0909. The van der Waals surface area contributed by atoms with E-state index in [0.29, 0.717) is 6.07 Å². The van der Waals surface area contributed by atoms with Crippen LogP contribution in [0.1, 0.15) is 12.5 Å². The standard InChI is InChI=1S/C11H7F2NO2/c1-5-9(11(16)14-10(5)15)7-3-2-6(12)4-8(7)13/h2-4H,1H3,(H,14,15,16). The molecule has 0 aromatic heterocycles. The number of benzene rings is 1. The van der Waals surface area contributed by atoms with Crippen LogP contribution in [0.4, 0.5) is 8.78 Å². The molecule has 0 aliphatic carbocycles. The Morgan fingerprint density at radius 3 is 2.31 bits per heavy atom. The molecule has 0 spiro atoms. The van der Waals surface area contributed by atoms with E-state index in [1.165, 1.54) is 6.92 Å². The van der Waals surface area contributed by atoms with Gasteiger partial charge in [-0.3, -0.25) is 14.9 Å². The Labute approximate surface area is 89.8 Å². The van der Waals surface area contributed by atoms with Crippen LogP contribution in [0.15, 0.2) is 23.8 Å². The van der Waals surface area contributed by atoms with Crippen LogP contribution in [0.25, 0.3) is 5.57 Å². The molecule has 82 valence electrons. The zero-order valence-corrected chi connectivity index (χ0v) is 8.30. The number of halogens is 2. The average molecular weight is 223 g/mol. The van der Waals surface area contributed by atoms with E-state index in [-0.39, 0.29) is 16.7 Å². The summed E-state index contributed by atoms with van der Waals surface area (Å²) < 4.78 is 26.1. The number of imide groups is 1. The fourth-order valence-corrected chi connectivity index (χ4v) is 1.56. The molecule has 0 atom stereocenters. The maximum absolute atomic E-state index is 13.4. The number of amides is 2. The summed E-state index contributed by atoms with van der Waals surface area (Å²) >= 11 is 0. The Morgan fingerprint density at radius 1 is 1.12 bits per heavy atom. The van der Waals surface area contributed by atoms with Crippen LogP contribution in [0.5, 0.6) is 0 Å². The highest BCUT2D eigenvalue weighted by molar-refractivity contribution is 6.35. The molecule has 16 heavy (non-hydrogen) atoms. The van der Waals surface area contributed by atoms with Crippen molar-refractivity contribution in [3.05, 3.63) is 41.0 Å². The zero-order valence-electron chi connectivity index (χ0n) is 8.30. The number of carbonyl (C=O) groups is 2. The maximum Gasteiger partial charge on any atom is 0.259 e. The van der Waals surface area contributed by atoms with Crippen molar-refractivity contribution in [2.24, 2.45) is 0 Å². The van der Waals surface area contributed by atoms with Gasteiger partial charge in [-0.25, -0.2) is 8.78 Å². The van der Waals surface area contributed by atoms with Gasteiger partial charge >= 0.3 is 0 Å². The Hall–Kier alpha value is -2.04. The summed E-state index contributed by atoms with van der Waals surface area (Å²) in [6.07, 6.45) is 0. The van der Waals surface area contributed by atoms with E-state index < -0.39 is 23.4 Å². The van der Waals surface area contributed by atoms with Gasteiger partial charge in [-0.1, -0.05) is 0 Å². The van der Waals surface area contributed by atoms with E-state index in [0.717, 1.165) is 12.1 Å². The summed E-state index contributed by atoms with van der Waals surface area (Å²) in [7, 11) is 0. The van der Waals surface area contributed by atoms with E-state index in [2.05, 4.69) is 0 Å². The van der Waals surface area contributed by atoms with Gasteiger partial charge in [0, 0.05) is 17.2 Å². The molecule has 5 heteroatoms. The quantitative estimate of drug-likeness (QED) is 0.731. The molecular formula is C11H7F2NO2. The van der Waals surface area contributed by atoms with E-state index >= 15 is 0 Å². The first-order valence-corrected chi connectivity index (χ1v) is 4.52. The highest BCUT2D eigenvalue weighted by Crippen LogP contribution is 2.26. The smallest absolute Gasteiger partial charge is 0.259 e. The van der Waals surface area contributed by atoms with Crippen molar-refractivity contribution in [2.75, 3.05) is 0 Å². The first-order valence-electron chi connectivity index (χ1n) is 4.52. The summed E-state index contributed by atoms with van der Waals surface area (Å²) in [6, 6.07) is 2.85. The maximum atomic E-state index is 13.4. The number of nitrogens with one attached hydrogen (secondary N) is 1. The number of hydrogen-bond acceptors (Lipinski definition) is 2. The first kappa shape index (κ1) is 10.5. The Bertz CT molecular complexity index is 535. The second-order valence-electron chi connectivity index (χ2n) is 3.41. The lowest BCUT2D eigenvalue weighted by Gasteiger charge is -2.02. The van der Waals surface area contributed by atoms with Crippen LogP contribution in [0, 0.1) is 11.6 Å². The van der Waals surface area contributed by atoms with Gasteiger partial charge in [0.25, 0.3) is 11.8 Å². The molecule has 2 amide bonds. The molecule has 3 nitrogen and oxygen atoms in total. The van der Waals surface area contributed by atoms with Crippen molar-refractivity contribution in [3.8, 4) is 0 Å². The topological polar surface area (TPSA) is 46.2 Å². The van der Waals surface area contributed by atoms with Gasteiger partial charge in [-0.15, -0.1) is 0 Å². The van der Waals surface area contributed by atoms with Crippen LogP contribution >= 0.6 is 0 Å². The Balaban J connectivity index is 2.61. The molecule has 2 rings (SSSR count). The van der Waals surface area contributed by atoms with Gasteiger partial charge in [0.1, 0.15) is 11.6 Å². The zero-order chi connectivity index (χ0) is 11.9. The van der Waals surface area contributed by atoms with Crippen molar-refractivity contribution in [1.29, 1.82) is 0 Å². The van der Waals surface area contributed by atoms with Crippen LogP contribution in [0.3, 0.4) is 0 Å². The summed E-state index contributed by atoms with van der Waals surface area (Å²) in [5.41, 5.74) is 0.0280. The largest absolute Gasteiger partial charge is 0.288 e. The third kappa shape index (κ3) is 1.50. The predicted molar refractivity (Wildman–Crippen MR) is 52.1 cm³/mol. The normalized spacial score (nSPS) is 15.7. The molecule has 1 aliphatic heterocycles.